The van der Waals surface area contributed by atoms with Crippen molar-refractivity contribution in [3.63, 3.8) is 0 Å². The van der Waals surface area contributed by atoms with Crippen molar-refractivity contribution in [3.8, 4) is 0 Å². The number of imide groups is 2. The molecule has 54 heavy (non-hydrogen) atoms. The van der Waals surface area contributed by atoms with Crippen LogP contribution in [0.5, 0.6) is 0 Å². The van der Waals surface area contributed by atoms with E-state index < -0.39 is 35.7 Å². The maximum absolute atomic E-state index is 14.2. The third kappa shape index (κ3) is 8.89. The van der Waals surface area contributed by atoms with Crippen molar-refractivity contribution >= 4 is 35.4 Å². The average Bonchev–Trinajstić information content (AvgIpc) is 3.58. The predicted octanol–water partition coefficient (Wildman–Crippen LogP) is 3.15. The first-order valence-corrected chi connectivity index (χ1v) is 18.9. The van der Waals surface area contributed by atoms with Crippen LogP contribution in [0, 0.1) is 11.8 Å². The van der Waals surface area contributed by atoms with E-state index in [1.807, 2.05) is 27.7 Å². The van der Waals surface area contributed by atoms with E-state index in [4.69, 9.17) is 18.9 Å². The van der Waals surface area contributed by atoms with Gasteiger partial charge in [-0.1, -0.05) is 64.8 Å². The smallest absolute Gasteiger partial charge is 0.262 e. The van der Waals surface area contributed by atoms with Crippen LogP contribution in [0.4, 0.5) is 0 Å². The second-order valence-corrected chi connectivity index (χ2v) is 13.8. The summed E-state index contributed by atoms with van der Waals surface area (Å²) in [5, 5.41) is 0. The highest BCUT2D eigenvalue weighted by molar-refractivity contribution is 6.23. The largest absolute Gasteiger partial charge is 0.377 e. The third-order valence-electron chi connectivity index (χ3n) is 10.5. The molecule has 0 saturated carbocycles. The van der Waals surface area contributed by atoms with Gasteiger partial charge in [0.05, 0.1) is 75.1 Å². The Kier molecular flexibility index (Phi) is 14.5. The van der Waals surface area contributed by atoms with Gasteiger partial charge < -0.3 is 28.7 Å². The van der Waals surface area contributed by atoms with Crippen LogP contribution in [0.25, 0.3) is 0 Å². The molecule has 2 aromatic rings. The number of ether oxygens (including phenoxy) is 4. The molecule has 0 radical (unpaired) electrons. The molecule has 1 saturated heterocycles. The van der Waals surface area contributed by atoms with Crippen LogP contribution in [-0.4, -0.2) is 146 Å². The lowest BCUT2D eigenvalue weighted by atomic mass is 9.96. The van der Waals surface area contributed by atoms with Crippen LogP contribution in [0.15, 0.2) is 48.5 Å². The summed E-state index contributed by atoms with van der Waals surface area (Å²) in [4.78, 5) is 87.4. The molecule has 292 valence electrons. The minimum Gasteiger partial charge on any atom is -0.377 e. The fourth-order valence-electron chi connectivity index (χ4n) is 6.97. The Labute approximate surface area is 316 Å². The summed E-state index contributed by atoms with van der Waals surface area (Å²) >= 11 is 0. The van der Waals surface area contributed by atoms with E-state index in [1.54, 1.807) is 58.3 Å². The van der Waals surface area contributed by atoms with Crippen molar-refractivity contribution in [3.05, 3.63) is 70.8 Å². The van der Waals surface area contributed by atoms with Gasteiger partial charge in [0.15, 0.2) is 0 Å². The van der Waals surface area contributed by atoms with Crippen LogP contribution >= 0.6 is 0 Å². The normalized spacial score (nSPS) is 20.5. The molecule has 1 fully saturated rings. The van der Waals surface area contributed by atoms with Crippen molar-refractivity contribution in [2.75, 3.05) is 79.0 Å². The number of hydrogen-bond acceptors (Lipinski definition) is 10. The molecule has 14 heteroatoms. The van der Waals surface area contributed by atoms with Crippen LogP contribution < -0.4 is 0 Å². The zero-order valence-corrected chi connectivity index (χ0v) is 31.7. The molecule has 3 aliphatic heterocycles. The highest BCUT2D eigenvalue weighted by Gasteiger charge is 2.47. The van der Waals surface area contributed by atoms with Gasteiger partial charge in [-0.2, -0.15) is 0 Å². The lowest BCUT2D eigenvalue weighted by molar-refractivity contribution is -0.140. The van der Waals surface area contributed by atoms with Gasteiger partial charge >= 0.3 is 0 Å². The molecular formula is C40H52N4O10. The van der Waals surface area contributed by atoms with Crippen molar-refractivity contribution in [2.45, 2.75) is 52.6 Å². The van der Waals surface area contributed by atoms with Gasteiger partial charge in [-0.15, -0.1) is 0 Å². The number of benzene rings is 2. The van der Waals surface area contributed by atoms with Gasteiger partial charge in [-0.25, -0.2) is 0 Å². The summed E-state index contributed by atoms with van der Waals surface area (Å²) in [5.41, 5.74) is 1.17. The number of nitrogens with zero attached hydrogens (tertiary/aromatic N) is 4. The minimum absolute atomic E-state index is 0.176. The van der Waals surface area contributed by atoms with E-state index in [9.17, 15) is 28.8 Å². The van der Waals surface area contributed by atoms with Crippen LogP contribution in [0.2, 0.25) is 0 Å². The standard InChI is InChI=1S/C40H52N4O10/c1-5-27(3)33(43-35(45)29-11-7-8-12-30(29)36(43)46)39(49)41-15-19-51-23-25-53-21-17-42(18-22-54-26-24-52-20-16-41)40(50)34(28(4)6-2)44-37(47)31-13-9-10-14-32(31)38(44)48/h7-14,27-28,33-34H,5-6,15-26H2,1-4H3/t27-,28+,33-,34-/m1/s1. The summed E-state index contributed by atoms with van der Waals surface area (Å²) < 4.78 is 23.3. The molecule has 0 spiro atoms. The Morgan fingerprint density at radius 2 is 0.759 bits per heavy atom. The van der Waals surface area contributed by atoms with Crippen LogP contribution in [-0.2, 0) is 28.5 Å². The van der Waals surface area contributed by atoms with E-state index in [-0.39, 0.29) is 103 Å². The molecular weight excluding hydrogens is 696 g/mol. The summed E-state index contributed by atoms with van der Waals surface area (Å²) in [6.07, 6.45) is 1.15. The van der Waals surface area contributed by atoms with Gasteiger partial charge in [0, 0.05) is 26.2 Å². The molecule has 6 amide bonds. The van der Waals surface area contributed by atoms with E-state index in [2.05, 4.69) is 0 Å². The summed E-state index contributed by atoms with van der Waals surface area (Å²) in [6, 6.07) is 11.2. The van der Waals surface area contributed by atoms with Gasteiger partial charge in [0.2, 0.25) is 11.8 Å². The summed E-state index contributed by atoms with van der Waals surface area (Å²) in [6.45, 7) is 9.93. The topological polar surface area (TPSA) is 152 Å². The Balaban J connectivity index is 1.21. The van der Waals surface area contributed by atoms with Gasteiger partial charge in [-0.3, -0.25) is 38.6 Å². The first kappa shape index (κ1) is 40.7. The summed E-state index contributed by atoms with van der Waals surface area (Å²) in [5.74, 6) is -3.20. The van der Waals surface area contributed by atoms with E-state index in [0.29, 0.717) is 35.1 Å². The number of carbonyl (C=O) groups excluding carboxylic acids is 6. The molecule has 0 aliphatic carbocycles. The fourth-order valence-corrected chi connectivity index (χ4v) is 6.97. The molecule has 0 N–H and O–H groups in total. The molecule has 0 unspecified atom stereocenters. The lowest BCUT2D eigenvalue weighted by Gasteiger charge is -2.35. The molecule has 2 aromatic carbocycles. The molecule has 0 bridgehead atoms. The Morgan fingerprint density at radius 1 is 0.500 bits per heavy atom. The van der Waals surface area contributed by atoms with Gasteiger partial charge in [-0.05, 0) is 36.1 Å². The first-order valence-electron chi connectivity index (χ1n) is 18.9. The summed E-state index contributed by atoms with van der Waals surface area (Å²) in [7, 11) is 0. The number of rotatable bonds is 8. The fraction of sp³-hybridized carbons (Fsp3) is 0.550. The second kappa shape index (κ2) is 19.2. The maximum Gasteiger partial charge on any atom is 0.262 e. The Morgan fingerprint density at radius 3 is 1.00 bits per heavy atom. The lowest BCUT2D eigenvalue weighted by Crippen LogP contribution is -2.55. The molecule has 4 atom stereocenters. The Hall–Kier alpha value is -4.50. The van der Waals surface area contributed by atoms with Crippen molar-refractivity contribution < 1.29 is 47.7 Å². The third-order valence-corrected chi connectivity index (χ3v) is 10.5. The zero-order chi connectivity index (χ0) is 38.8. The number of hydrogen-bond donors (Lipinski definition) is 0. The maximum atomic E-state index is 14.2. The molecule has 14 nitrogen and oxygen atoms in total. The first-order chi connectivity index (χ1) is 26.1. The zero-order valence-electron chi connectivity index (χ0n) is 31.7. The second-order valence-electron chi connectivity index (χ2n) is 13.8. The van der Waals surface area contributed by atoms with E-state index >= 15 is 0 Å². The van der Waals surface area contributed by atoms with E-state index in [1.165, 1.54) is 0 Å². The van der Waals surface area contributed by atoms with E-state index in [0.717, 1.165) is 9.80 Å². The highest BCUT2D eigenvalue weighted by atomic mass is 16.5. The van der Waals surface area contributed by atoms with Crippen LogP contribution in [0.1, 0.15) is 82.0 Å². The SMILES string of the molecule is CC[C@@H](C)[C@H](C(=O)N1CCOCCOCCN(C(=O)[C@@H]([C@@H](C)CC)N2C(=O)c3ccccc3C2=O)CCOCCOCC1)N1C(=O)c2ccccc2C1=O. The highest BCUT2D eigenvalue weighted by Crippen LogP contribution is 2.31. The number of amides is 6. The Bertz CT molecular complexity index is 1470. The molecule has 3 heterocycles. The molecule has 5 rings (SSSR count). The quantitative estimate of drug-likeness (QED) is 0.369. The predicted molar refractivity (Wildman–Crippen MR) is 197 cm³/mol. The van der Waals surface area contributed by atoms with Crippen molar-refractivity contribution in [2.24, 2.45) is 11.8 Å². The average molecular weight is 749 g/mol. The number of fused-ring (bicyclic) bond motifs is 2. The monoisotopic (exact) mass is 748 g/mol. The minimum atomic E-state index is -0.991. The van der Waals surface area contributed by atoms with Gasteiger partial charge in [0.1, 0.15) is 12.1 Å². The van der Waals surface area contributed by atoms with Crippen molar-refractivity contribution in [1.29, 1.82) is 0 Å². The van der Waals surface area contributed by atoms with Crippen molar-refractivity contribution in [1.82, 2.24) is 19.6 Å². The molecule has 0 aromatic heterocycles. The van der Waals surface area contributed by atoms with Crippen LogP contribution in [0.3, 0.4) is 0 Å². The molecule has 3 aliphatic rings. The number of carbonyl (C=O) groups is 6. The van der Waals surface area contributed by atoms with Gasteiger partial charge in [0.25, 0.3) is 23.6 Å².